The van der Waals surface area contributed by atoms with Crippen LogP contribution in [0.5, 0.6) is 5.75 Å². The minimum atomic E-state index is -0.201. The summed E-state index contributed by atoms with van der Waals surface area (Å²) < 4.78 is 5.49. The number of nitrogens with one attached hydrogen (secondary N) is 2. The number of hydrogen-bond donors (Lipinski definition) is 2. The van der Waals surface area contributed by atoms with Crippen molar-refractivity contribution in [3.05, 3.63) is 84.7 Å². The number of methoxy groups -OCH3 is 1. The van der Waals surface area contributed by atoms with Crippen LogP contribution < -0.4 is 10.1 Å². The molecule has 2 aromatic carbocycles. The molecule has 2 aromatic heterocycles. The van der Waals surface area contributed by atoms with Crippen molar-refractivity contribution in [2.24, 2.45) is 0 Å². The number of amides is 1. The van der Waals surface area contributed by atoms with Crippen molar-refractivity contribution in [2.75, 3.05) is 12.4 Å². The fourth-order valence-electron chi connectivity index (χ4n) is 2.92. The molecule has 2 N–H and O–H groups in total. The topological polar surface area (TPSA) is 79.9 Å². The zero-order chi connectivity index (χ0) is 19.3. The number of nitrogens with zero attached hydrogens (tertiary/aromatic N) is 2. The number of aromatic amines is 1. The number of aromatic nitrogens is 3. The molecule has 0 aliphatic heterocycles. The molecular formula is C22H18N4O2. The van der Waals surface area contributed by atoms with E-state index in [1.54, 1.807) is 37.7 Å². The first-order valence-corrected chi connectivity index (χ1v) is 8.75. The van der Waals surface area contributed by atoms with Crippen molar-refractivity contribution < 1.29 is 9.53 Å². The number of pyridine rings is 1. The minimum Gasteiger partial charge on any atom is -0.496 e. The minimum absolute atomic E-state index is 0.201. The molecule has 4 rings (SSSR count). The van der Waals surface area contributed by atoms with Gasteiger partial charge >= 0.3 is 0 Å². The number of hydrogen-bond acceptors (Lipinski definition) is 4. The number of ether oxygens (including phenoxy) is 1. The number of carbonyl (C=O) groups is 1. The van der Waals surface area contributed by atoms with E-state index in [4.69, 9.17) is 4.74 Å². The molecule has 0 atom stereocenters. The molecule has 0 saturated carbocycles. The second-order valence-corrected chi connectivity index (χ2v) is 6.14. The van der Waals surface area contributed by atoms with Crippen molar-refractivity contribution in [1.29, 1.82) is 0 Å². The first kappa shape index (κ1) is 17.5. The molecule has 1 amide bonds. The average Bonchev–Trinajstić information content (AvgIpc) is 3.25. The van der Waals surface area contributed by atoms with Gasteiger partial charge in [0.1, 0.15) is 5.75 Å². The molecule has 0 radical (unpaired) electrons. The van der Waals surface area contributed by atoms with E-state index in [1.165, 1.54) is 0 Å². The Bertz CT molecular complexity index is 1090. The Kier molecular flexibility index (Phi) is 4.84. The fraction of sp³-hybridized carbons (Fsp3) is 0.0455. The van der Waals surface area contributed by atoms with E-state index in [9.17, 15) is 4.79 Å². The van der Waals surface area contributed by atoms with Gasteiger partial charge < -0.3 is 10.1 Å². The molecule has 28 heavy (non-hydrogen) atoms. The van der Waals surface area contributed by atoms with Crippen LogP contribution in [0.4, 0.5) is 5.69 Å². The average molecular weight is 370 g/mol. The molecular weight excluding hydrogens is 352 g/mol. The Morgan fingerprint density at radius 1 is 1.00 bits per heavy atom. The first-order chi connectivity index (χ1) is 13.7. The van der Waals surface area contributed by atoms with Gasteiger partial charge in [-0.1, -0.05) is 30.3 Å². The summed E-state index contributed by atoms with van der Waals surface area (Å²) in [6.07, 6.45) is 3.17. The van der Waals surface area contributed by atoms with E-state index in [-0.39, 0.29) is 5.91 Å². The van der Waals surface area contributed by atoms with Gasteiger partial charge in [0.25, 0.3) is 5.91 Å². The van der Waals surface area contributed by atoms with Crippen molar-refractivity contribution in [1.82, 2.24) is 15.2 Å². The van der Waals surface area contributed by atoms with E-state index in [0.29, 0.717) is 17.0 Å². The molecule has 0 saturated heterocycles. The molecule has 0 aliphatic rings. The predicted octanol–water partition coefficient (Wildman–Crippen LogP) is 4.40. The number of carbonyl (C=O) groups excluding carboxylic acids is 1. The largest absolute Gasteiger partial charge is 0.496 e. The maximum atomic E-state index is 12.4. The number of anilines is 1. The van der Waals surface area contributed by atoms with E-state index in [0.717, 1.165) is 22.5 Å². The third-order valence-corrected chi connectivity index (χ3v) is 4.34. The smallest absolute Gasteiger partial charge is 0.255 e. The second-order valence-electron chi connectivity index (χ2n) is 6.14. The highest BCUT2D eigenvalue weighted by Crippen LogP contribution is 2.33. The van der Waals surface area contributed by atoms with Gasteiger partial charge in [-0.2, -0.15) is 5.10 Å². The summed E-state index contributed by atoms with van der Waals surface area (Å²) in [5, 5.41) is 10.4. The van der Waals surface area contributed by atoms with Crippen molar-refractivity contribution in [3.8, 4) is 28.3 Å². The summed E-state index contributed by atoms with van der Waals surface area (Å²) in [4.78, 5) is 16.3. The highest BCUT2D eigenvalue weighted by Gasteiger charge is 2.13. The Hall–Kier alpha value is -3.93. The highest BCUT2D eigenvalue weighted by atomic mass is 16.5. The van der Waals surface area contributed by atoms with Crippen molar-refractivity contribution >= 4 is 11.6 Å². The van der Waals surface area contributed by atoms with E-state index in [2.05, 4.69) is 20.5 Å². The zero-order valence-electron chi connectivity index (χ0n) is 15.2. The third kappa shape index (κ3) is 3.61. The van der Waals surface area contributed by atoms with Gasteiger partial charge in [0.05, 0.1) is 18.5 Å². The lowest BCUT2D eigenvalue weighted by molar-refractivity contribution is 0.102. The zero-order valence-corrected chi connectivity index (χ0v) is 15.2. The van der Waals surface area contributed by atoms with E-state index >= 15 is 0 Å². The second kappa shape index (κ2) is 7.75. The number of benzene rings is 2. The van der Waals surface area contributed by atoms with Gasteiger partial charge in [-0.15, -0.1) is 0 Å². The summed E-state index contributed by atoms with van der Waals surface area (Å²) in [5.41, 5.74) is 4.67. The Labute approximate surface area is 162 Å². The normalized spacial score (nSPS) is 10.5. The maximum Gasteiger partial charge on any atom is 0.255 e. The van der Waals surface area contributed by atoms with Crippen LogP contribution in [0.15, 0.2) is 79.1 Å². The van der Waals surface area contributed by atoms with Crippen LogP contribution in [0.3, 0.4) is 0 Å². The van der Waals surface area contributed by atoms with Crippen LogP contribution >= 0.6 is 0 Å². The van der Waals surface area contributed by atoms with E-state index in [1.807, 2.05) is 48.5 Å². The quantitative estimate of drug-likeness (QED) is 0.546. The molecule has 6 nitrogen and oxygen atoms in total. The molecule has 0 bridgehead atoms. The molecule has 6 heteroatoms. The lowest BCUT2D eigenvalue weighted by atomic mass is 10.1. The van der Waals surface area contributed by atoms with Gasteiger partial charge in [-0.25, -0.2) is 0 Å². The van der Waals surface area contributed by atoms with Gasteiger partial charge in [0, 0.05) is 34.8 Å². The SMILES string of the molecule is COc1ccc(NC(=O)c2ccncc2)cc1-c1cc(-c2ccccc2)n[nH]1. The molecule has 0 unspecified atom stereocenters. The van der Waals surface area contributed by atoms with Crippen molar-refractivity contribution in [3.63, 3.8) is 0 Å². The standard InChI is InChI=1S/C22H18N4O2/c1-28-21-8-7-17(24-22(27)16-9-11-23-12-10-16)13-18(21)20-14-19(25-26-20)15-5-3-2-4-6-15/h2-14H,1H3,(H,24,27)(H,25,26). The predicted molar refractivity (Wildman–Crippen MR) is 108 cm³/mol. The maximum absolute atomic E-state index is 12.4. The van der Waals surface area contributed by atoms with Crippen LogP contribution in [0.1, 0.15) is 10.4 Å². The lowest BCUT2D eigenvalue weighted by Crippen LogP contribution is -2.11. The first-order valence-electron chi connectivity index (χ1n) is 8.75. The molecule has 0 fully saturated rings. The summed E-state index contributed by atoms with van der Waals surface area (Å²) in [5.74, 6) is 0.485. The lowest BCUT2D eigenvalue weighted by Gasteiger charge is -2.10. The van der Waals surface area contributed by atoms with Crippen LogP contribution in [0.25, 0.3) is 22.5 Å². The van der Waals surface area contributed by atoms with Gasteiger partial charge in [-0.3, -0.25) is 14.9 Å². The van der Waals surface area contributed by atoms with Crippen LogP contribution in [-0.4, -0.2) is 28.2 Å². The van der Waals surface area contributed by atoms with Crippen molar-refractivity contribution in [2.45, 2.75) is 0 Å². The Morgan fingerprint density at radius 2 is 1.79 bits per heavy atom. The van der Waals surface area contributed by atoms with Crippen LogP contribution in [-0.2, 0) is 0 Å². The van der Waals surface area contributed by atoms with Gasteiger partial charge in [-0.05, 0) is 36.4 Å². The molecule has 0 spiro atoms. The highest BCUT2D eigenvalue weighted by molar-refractivity contribution is 6.04. The van der Waals surface area contributed by atoms with Gasteiger partial charge in [0.15, 0.2) is 0 Å². The summed E-state index contributed by atoms with van der Waals surface area (Å²) >= 11 is 0. The summed E-state index contributed by atoms with van der Waals surface area (Å²) in [7, 11) is 1.61. The van der Waals surface area contributed by atoms with Crippen LogP contribution in [0.2, 0.25) is 0 Å². The number of rotatable bonds is 5. The molecule has 4 aromatic rings. The van der Waals surface area contributed by atoms with Crippen LogP contribution in [0, 0.1) is 0 Å². The molecule has 0 aliphatic carbocycles. The Balaban J connectivity index is 1.64. The van der Waals surface area contributed by atoms with E-state index < -0.39 is 0 Å². The third-order valence-electron chi connectivity index (χ3n) is 4.34. The molecule has 2 heterocycles. The van der Waals surface area contributed by atoms with Gasteiger partial charge in [0.2, 0.25) is 0 Å². The molecule has 138 valence electrons. The monoisotopic (exact) mass is 370 g/mol. The fourth-order valence-corrected chi connectivity index (χ4v) is 2.92. The Morgan fingerprint density at radius 3 is 2.54 bits per heavy atom. The summed E-state index contributed by atoms with van der Waals surface area (Å²) in [6.45, 7) is 0. The number of H-pyrrole nitrogens is 1. The summed E-state index contributed by atoms with van der Waals surface area (Å²) in [6, 6.07) is 20.7.